The fourth-order valence-electron chi connectivity index (χ4n) is 4.21. The Morgan fingerprint density at radius 2 is 0.758 bits per heavy atom. The molecular weight excluding hydrogens is 492 g/mol. The maximum atomic E-state index is 5.40. The average molecular weight is 512 g/mol. The largest absolute Gasteiger partial charge is 0.115 e. The maximum absolute atomic E-state index is 5.40. The molecule has 0 aliphatic heterocycles. The van der Waals surface area contributed by atoms with Crippen LogP contribution in [-0.2, 0) is 22.4 Å². The van der Waals surface area contributed by atoms with E-state index in [9.17, 15) is 0 Å². The Labute approximate surface area is 209 Å². The van der Waals surface area contributed by atoms with Gasteiger partial charge in [-0.25, -0.2) is 0 Å². The zero-order valence-electron chi connectivity index (χ0n) is 17.8. The van der Waals surface area contributed by atoms with Gasteiger partial charge in [0, 0.05) is 33.5 Å². The van der Waals surface area contributed by atoms with E-state index in [0.29, 0.717) is 0 Å². The van der Waals surface area contributed by atoms with Crippen molar-refractivity contribution in [2.75, 3.05) is 0 Å². The van der Waals surface area contributed by atoms with Gasteiger partial charge < -0.3 is 0 Å². The van der Waals surface area contributed by atoms with Gasteiger partial charge in [-0.2, -0.15) is 0 Å². The van der Waals surface area contributed by atoms with E-state index < -0.39 is 0 Å². The molecule has 1 radical (unpaired) electrons. The van der Waals surface area contributed by atoms with Gasteiger partial charge in [-0.15, -0.1) is 12.8 Å². The van der Waals surface area contributed by atoms with Crippen LogP contribution in [0.4, 0.5) is 0 Å². The average Bonchev–Trinajstić information content (AvgIpc) is 2.88. The van der Waals surface area contributed by atoms with Gasteiger partial charge in [-0.05, 0) is 67.4 Å². The van der Waals surface area contributed by atoms with Gasteiger partial charge in [0.1, 0.15) is 0 Å². The van der Waals surface area contributed by atoms with Crippen molar-refractivity contribution in [1.29, 1.82) is 0 Å². The van der Waals surface area contributed by atoms with Gasteiger partial charge in [-0.1, -0.05) is 96.8 Å². The molecule has 6 rings (SSSR count). The van der Waals surface area contributed by atoms with Gasteiger partial charge in [-0.3, -0.25) is 0 Å². The summed E-state index contributed by atoms with van der Waals surface area (Å²) in [5.74, 6) is 5.33. The van der Waals surface area contributed by atoms with Crippen LogP contribution < -0.4 is 0 Å². The molecule has 0 saturated heterocycles. The fraction of sp³-hybridized carbons (Fsp3) is 0. The third-order valence-corrected chi connectivity index (χ3v) is 5.82. The summed E-state index contributed by atoms with van der Waals surface area (Å²) in [6, 6.07) is 37.6. The summed E-state index contributed by atoms with van der Waals surface area (Å²) >= 11 is 0. The molecule has 0 aliphatic rings. The van der Waals surface area contributed by atoms with Crippen molar-refractivity contribution < 1.29 is 22.4 Å². The first kappa shape index (κ1) is 22.4. The minimum atomic E-state index is 0. The summed E-state index contributed by atoms with van der Waals surface area (Å²) in [7, 11) is 0. The SMILES string of the molecule is C#Cc1ccc2c(ccc3ccccc32)c1.C#Cc1ccc2c(ccc3ccccc32)c1.[Ag]. The topological polar surface area (TPSA) is 0 Å². The Bertz CT molecular complexity index is 1560. The molecule has 0 N–H and O–H groups in total. The smallest absolute Gasteiger partial charge is 0.0248 e. The Morgan fingerprint density at radius 3 is 1.18 bits per heavy atom. The predicted octanol–water partition coefficient (Wildman–Crippen LogP) is 7.95. The van der Waals surface area contributed by atoms with Crippen molar-refractivity contribution in [1.82, 2.24) is 0 Å². The Balaban J connectivity index is 0.000000152. The Hall–Kier alpha value is -3.78. The predicted molar refractivity (Wildman–Crippen MR) is 139 cm³/mol. The third kappa shape index (κ3) is 4.42. The van der Waals surface area contributed by atoms with E-state index in [1.807, 2.05) is 12.1 Å². The van der Waals surface area contributed by atoms with Gasteiger partial charge in [0.05, 0.1) is 0 Å². The van der Waals surface area contributed by atoms with Crippen molar-refractivity contribution in [3.63, 3.8) is 0 Å². The molecule has 6 aromatic carbocycles. The molecule has 0 nitrogen and oxygen atoms in total. The molecule has 0 heterocycles. The molecular formula is C32H20Ag. The van der Waals surface area contributed by atoms with Gasteiger partial charge in [0.2, 0.25) is 0 Å². The molecule has 0 spiro atoms. The zero-order valence-corrected chi connectivity index (χ0v) is 19.3. The first-order valence-electron chi connectivity index (χ1n) is 10.5. The van der Waals surface area contributed by atoms with Crippen LogP contribution in [0.5, 0.6) is 0 Å². The number of hydrogen-bond acceptors (Lipinski definition) is 0. The van der Waals surface area contributed by atoms with Crippen LogP contribution in [0.25, 0.3) is 43.1 Å². The van der Waals surface area contributed by atoms with Crippen LogP contribution in [0, 0.1) is 24.7 Å². The second kappa shape index (κ2) is 9.79. The summed E-state index contributed by atoms with van der Waals surface area (Å²) in [5.41, 5.74) is 1.87. The molecule has 0 saturated carbocycles. The molecule has 0 fully saturated rings. The van der Waals surface area contributed by atoms with E-state index in [4.69, 9.17) is 12.8 Å². The molecule has 0 unspecified atom stereocenters. The standard InChI is InChI=1S/2C16H10.Ag/c2*1-2-12-7-10-16-14(11-12)9-8-13-5-3-4-6-15(13)16;/h2*1,3-11H;. The van der Waals surface area contributed by atoms with Gasteiger partial charge >= 0.3 is 0 Å². The number of fused-ring (bicyclic) bond motifs is 6. The van der Waals surface area contributed by atoms with Crippen LogP contribution in [0.1, 0.15) is 11.1 Å². The van der Waals surface area contributed by atoms with Crippen molar-refractivity contribution in [2.45, 2.75) is 0 Å². The number of hydrogen-bond donors (Lipinski definition) is 0. The zero-order chi connectivity index (χ0) is 21.9. The summed E-state index contributed by atoms with van der Waals surface area (Å²) in [4.78, 5) is 0. The normalized spacial score (nSPS) is 10.1. The molecule has 6 aromatic rings. The summed E-state index contributed by atoms with van der Waals surface area (Å²) in [6.07, 6.45) is 10.8. The molecule has 0 atom stereocenters. The van der Waals surface area contributed by atoms with E-state index in [1.54, 1.807) is 0 Å². The van der Waals surface area contributed by atoms with E-state index in [-0.39, 0.29) is 22.4 Å². The van der Waals surface area contributed by atoms with Crippen molar-refractivity contribution >= 4 is 43.1 Å². The summed E-state index contributed by atoms with van der Waals surface area (Å²) < 4.78 is 0. The molecule has 1 heteroatoms. The fourth-order valence-corrected chi connectivity index (χ4v) is 4.21. The molecule has 33 heavy (non-hydrogen) atoms. The maximum Gasteiger partial charge on any atom is 0.0248 e. The summed E-state index contributed by atoms with van der Waals surface area (Å²) in [6.45, 7) is 0. The molecule has 0 bridgehead atoms. The van der Waals surface area contributed by atoms with Gasteiger partial charge in [0.25, 0.3) is 0 Å². The molecule has 0 amide bonds. The number of benzene rings is 6. The van der Waals surface area contributed by atoms with Crippen LogP contribution in [0.3, 0.4) is 0 Å². The first-order chi connectivity index (χ1) is 15.8. The third-order valence-electron chi connectivity index (χ3n) is 5.82. The van der Waals surface area contributed by atoms with Crippen LogP contribution >= 0.6 is 0 Å². The number of rotatable bonds is 0. The van der Waals surface area contributed by atoms with E-state index in [2.05, 4.69) is 109 Å². The van der Waals surface area contributed by atoms with Crippen molar-refractivity contribution in [2.24, 2.45) is 0 Å². The second-order valence-corrected chi connectivity index (χ2v) is 7.73. The van der Waals surface area contributed by atoms with E-state index >= 15 is 0 Å². The second-order valence-electron chi connectivity index (χ2n) is 7.73. The molecule has 0 aromatic heterocycles. The quantitative estimate of drug-likeness (QED) is 0.110. The molecule has 0 aliphatic carbocycles. The van der Waals surface area contributed by atoms with E-state index in [0.717, 1.165) is 11.1 Å². The minimum Gasteiger partial charge on any atom is -0.115 e. The van der Waals surface area contributed by atoms with Crippen LogP contribution in [0.15, 0.2) is 109 Å². The Morgan fingerprint density at radius 1 is 0.394 bits per heavy atom. The summed E-state index contributed by atoms with van der Waals surface area (Å²) in [5, 5.41) is 10.0. The van der Waals surface area contributed by atoms with Crippen molar-refractivity contribution in [3.8, 4) is 24.7 Å². The number of terminal acetylenes is 2. The monoisotopic (exact) mass is 511 g/mol. The Kier molecular flexibility index (Phi) is 6.65. The molecule has 159 valence electrons. The minimum absolute atomic E-state index is 0. The van der Waals surface area contributed by atoms with Gasteiger partial charge in [0.15, 0.2) is 0 Å². The van der Waals surface area contributed by atoms with Crippen LogP contribution in [0.2, 0.25) is 0 Å². The van der Waals surface area contributed by atoms with Crippen LogP contribution in [-0.4, -0.2) is 0 Å². The first-order valence-corrected chi connectivity index (χ1v) is 10.5. The van der Waals surface area contributed by atoms with E-state index in [1.165, 1.54) is 43.1 Å². The van der Waals surface area contributed by atoms with Crippen molar-refractivity contribution in [3.05, 3.63) is 120 Å².